The van der Waals surface area contributed by atoms with Crippen molar-refractivity contribution in [2.75, 3.05) is 6.61 Å². The first-order chi connectivity index (χ1) is 9.88. The lowest BCUT2D eigenvalue weighted by atomic mass is 9.69. The van der Waals surface area contributed by atoms with Gasteiger partial charge in [-0.05, 0) is 49.7 Å². The van der Waals surface area contributed by atoms with Gasteiger partial charge in [-0.3, -0.25) is 4.79 Å². The Bertz CT molecular complexity index is 498. The van der Waals surface area contributed by atoms with E-state index in [2.05, 4.69) is 13.8 Å². The zero-order valence-corrected chi connectivity index (χ0v) is 14.0. The largest absolute Gasteiger partial charge is 0.367 e. The van der Waals surface area contributed by atoms with E-state index in [4.69, 9.17) is 16.3 Å². The molecule has 3 heteroatoms. The second kappa shape index (κ2) is 6.50. The summed E-state index contributed by atoms with van der Waals surface area (Å²) in [6, 6.07) is 7.57. The average molecular weight is 309 g/mol. The zero-order chi connectivity index (χ0) is 15.5. The van der Waals surface area contributed by atoms with Gasteiger partial charge in [-0.15, -0.1) is 0 Å². The van der Waals surface area contributed by atoms with Gasteiger partial charge in [0.2, 0.25) is 0 Å². The normalized spacial score (nSPS) is 20.2. The molecule has 0 bridgehead atoms. The minimum atomic E-state index is -0.608. The Labute approximate surface area is 132 Å². The number of hydrogen-bond donors (Lipinski definition) is 0. The predicted molar refractivity (Wildman–Crippen MR) is 86.8 cm³/mol. The molecule has 1 aromatic rings. The van der Waals surface area contributed by atoms with E-state index >= 15 is 0 Å². The number of rotatable bonds is 5. The van der Waals surface area contributed by atoms with Gasteiger partial charge in [0.15, 0.2) is 5.78 Å². The summed E-state index contributed by atoms with van der Waals surface area (Å²) in [4.78, 5) is 12.9. The summed E-state index contributed by atoms with van der Waals surface area (Å²) in [6.07, 6.45) is 4.05. The first-order valence-corrected chi connectivity index (χ1v) is 8.17. The van der Waals surface area contributed by atoms with Gasteiger partial charge in [0.25, 0.3) is 0 Å². The quantitative estimate of drug-likeness (QED) is 0.779. The average Bonchev–Trinajstić information content (AvgIpc) is 2.44. The number of carbonyl (C=O) groups is 1. The second-order valence-electron chi connectivity index (χ2n) is 6.78. The van der Waals surface area contributed by atoms with Crippen LogP contribution in [0.25, 0.3) is 0 Å². The van der Waals surface area contributed by atoms with Gasteiger partial charge in [0.05, 0.1) is 0 Å². The molecule has 2 nitrogen and oxygen atoms in total. The predicted octanol–water partition coefficient (Wildman–Crippen LogP) is 4.83. The van der Waals surface area contributed by atoms with Gasteiger partial charge in [-0.1, -0.05) is 43.6 Å². The Hall–Kier alpha value is -0.860. The SMILES string of the molecule is CCOC1(C(=O)Cc2ccccc2Cl)CCC(C)(C)CC1. The molecule has 0 atom stereocenters. The highest BCUT2D eigenvalue weighted by Crippen LogP contribution is 2.43. The lowest BCUT2D eigenvalue weighted by Gasteiger charge is -2.42. The van der Waals surface area contributed by atoms with Crippen LogP contribution in [0.2, 0.25) is 5.02 Å². The maximum atomic E-state index is 12.9. The monoisotopic (exact) mass is 308 g/mol. The number of benzene rings is 1. The maximum Gasteiger partial charge on any atom is 0.169 e. The smallest absolute Gasteiger partial charge is 0.169 e. The summed E-state index contributed by atoms with van der Waals surface area (Å²) in [6.45, 7) is 7.07. The van der Waals surface area contributed by atoms with E-state index in [9.17, 15) is 4.79 Å². The molecule has 1 aromatic carbocycles. The molecular weight excluding hydrogens is 284 g/mol. The van der Waals surface area contributed by atoms with E-state index in [0.29, 0.717) is 23.5 Å². The Morgan fingerprint density at radius 3 is 2.38 bits per heavy atom. The molecule has 0 spiro atoms. The van der Waals surface area contributed by atoms with Crippen LogP contribution >= 0.6 is 11.6 Å². The molecule has 116 valence electrons. The fraction of sp³-hybridized carbons (Fsp3) is 0.611. The molecule has 2 rings (SSSR count). The first-order valence-electron chi connectivity index (χ1n) is 7.79. The summed E-state index contributed by atoms with van der Waals surface area (Å²) in [7, 11) is 0. The van der Waals surface area contributed by atoms with E-state index in [-0.39, 0.29) is 5.78 Å². The number of Topliss-reactive ketones (excluding diaryl/α,β-unsaturated/α-hetero) is 1. The summed E-state index contributed by atoms with van der Waals surface area (Å²) in [5.41, 5.74) is 0.599. The van der Waals surface area contributed by atoms with Gasteiger partial charge in [0, 0.05) is 18.1 Å². The van der Waals surface area contributed by atoms with E-state index in [0.717, 1.165) is 31.2 Å². The minimum Gasteiger partial charge on any atom is -0.367 e. The third kappa shape index (κ3) is 3.87. The third-order valence-electron chi connectivity index (χ3n) is 4.65. The molecule has 0 unspecified atom stereocenters. The Morgan fingerprint density at radius 2 is 1.81 bits per heavy atom. The number of ketones is 1. The molecule has 1 saturated carbocycles. The fourth-order valence-corrected chi connectivity index (χ4v) is 3.29. The van der Waals surface area contributed by atoms with Crippen LogP contribution < -0.4 is 0 Å². The molecule has 21 heavy (non-hydrogen) atoms. The van der Waals surface area contributed by atoms with Crippen molar-refractivity contribution in [2.24, 2.45) is 5.41 Å². The molecular formula is C18H25ClO2. The van der Waals surface area contributed by atoms with Crippen LogP contribution in [0.4, 0.5) is 0 Å². The minimum absolute atomic E-state index is 0.174. The van der Waals surface area contributed by atoms with Gasteiger partial charge in [-0.25, -0.2) is 0 Å². The zero-order valence-electron chi connectivity index (χ0n) is 13.2. The van der Waals surface area contributed by atoms with Gasteiger partial charge in [0.1, 0.15) is 5.60 Å². The summed E-state index contributed by atoms with van der Waals surface area (Å²) in [5.74, 6) is 0.174. The van der Waals surface area contributed by atoms with E-state index in [1.54, 1.807) is 0 Å². The lowest BCUT2D eigenvalue weighted by molar-refractivity contribution is -0.151. The number of halogens is 1. The number of ether oxygens (including phenoxy) is 1. The highest BCUT2D eigenvalue weighted by Gasteiger charge is 2.44. The number of carbonyl (C=O) groups excluding carboxylic acids is 1. The van der Waals surface area contributed by atoms with Gasteiger partial charge < -0.3 is 4.74 Å². The molecule has 0 aromatic heterocycles. The molecule has 0 saturated heterocycles. The van der Waals surface area contributed by atoms with Crippen LogP contribution in [-0.4, -0.2) is 18.0 Å². The van der Waals surface area contributed by atoms with Crippen molar-refractivity contribution in [3.63, 3.8) is 0 Å². The summed E-state index contributed by atoms with van der Waals surface area (Å²) < 4.78 is 5.95. The molecule has 0 amide bonds. The standard InChI is InChI=1S/C18H25ClO2/c1-4-21-18(11-9-17(2,3)10-12-18)16(20)13-14-7-5-6-8-15(14)19/h5-8H,4,9-13H2,1-3H3. The summed E-state index contributed by atoms with van der Waals surface area (Å²) >= 11 is 6.18. The van der Waals surface area contributed by atoms with Crippen molar-refractivity contribution in [2.45, 2.75) is 58.5 Å². The Morgan fingerprint density at radius 1 is 1.19 bits per heavy atom. The van der Waals surface area contributed by atoms with Crippen molar-refractivity contribution < 1.29 is 9.53 Å². The van der Waals surface area contributed by atoms with Crippen molar-refractivity contribution in [3.05, 3.63) is 34.9 Å². The molecule has 1 aliphatic rings. The van der Waals surface area contributed by atoms with Crippen molar-refractivity contribution in [3.8, 4) is 0 Å². The van der Waals surface area contributed by atoms with Gasteiger partial charge in [-0.2, -0.15) is 0 Å². The maximum absolute atomic E-state index is 12.9. The van der Waals surface area contributed by atoms with Crippen molar-refractivity contribution in [1.29, 1.82) is 0 Å². The molecule has 1 fully saturated rings. The van der Waals surface area contributed by atoms with Gasteiger partial charge >= 0.3 is 0 Å². The van der Waals surface area contributed by atoms with Crippen LogP contribution in [0.3, 0.4) is 0 Å². The lowest BCUT2D eigenvalue weighted by Crippen LogP contribution is -2.47. The molecule has 1 aliphatic carbocycles. The Balaban J connectivity index is 2.15. The molecule has 0 N–H and O–H groups in total. The van der Waals surface area contributed by atoms with Crippen LogP contribution in [0.1, 0.15) is 52.0 Å². The fourth-order valence-electron chi connectivity index (χ4n) is 3.09. The second-order valence-corrected chi connectivity index (χ2v) is 7.19. The van der Waals surface area contributed by atoms with E-state index < -0.39 is 5.60 Å². The third-order valence-corrected chi connectivity index (χ3v) is 5.02. The first kappa shape index (κ1) is 16.5. The topological polar surface area (TPSA) is 26.3 Å². The Kier molecular flexibility index (Phi) is 5.11. The molecule has 0 radical (unpaired) electrons. The van der Waals surface area contributed by atoms with Crippen molar-refractivity contribution >= 4 is 17.4 Å². The van der Waals surface area contributed by atoms with E-state index in [1.165, 1.54) is 0 Å². The van der Waals surface area contributed by atoms with Crippen LogP contribution in [0.5, 0.6) is 0 Å². The van der Waals surface area contributed by atoms with Crippen LogP contribution in [0.15, 0.2) is 24.3 Å². The van der Waals surface area contributed by atoms with Crippen LogP contribution in [0, 0.1) is 5.41 Å². The summed E-state index contributed by atoms with van der Waals surface area (Å²) in [5, 5.41) is 0.661. The van der Waals surface area contributed by atoms with E-state index in [1.807, 2.05) is 31.2 Å². The molecule has 0 aliphatic heterocycles. The number of hydrogen-bond acceptors (Lipinski definition) is 2. The highest BCUT2D eigenvalue weighted by atomic mass is 35.5. The molecule has 0 heterocycles. The van der Waals surface area contributed by atoms with Crippen molar-refractivity contribution in [1.82, 2.24) is 0 Å². The highest BCUT2D eigenvalue weighted by molar-refractivity contribution is 6.31. The van der Waals surface area contributed by atoms with Crippen LogP contribution in [-0.2, 0) is 16.0 Å².